The standard InChI is InChI=1S/C15H19BrN2OS/c1-9(2)8-18-14(20)17-12-7-15(18,3)19-13-5-4-10(16)6-11(12)13/h4-6,9,12H,7-8H2,1-3H3,(H,17,20). The zero-order valence-corrected chi connectivity index (χ0v) is 14.3. The average molecular weight is 355 g/mol. The van der Waals surface area contributed by atoms with Crippen molar-refractivity contribution in [1.29, 1.82) is 0 Å². The summed E-state index contributed by atoms with van der Waals surface area (Å²) in [5, 5.41) is 4.26. The van der Waals surface area contributed by atoms with Crippen LogP contribution in [-0.2, 0) is 0 Å². The van der Waals surface area contributed by atoms with Crippen LogP contribution in [0.5, 0.6) is 5.75 Å². The van der Waals surface area contributed by atoms with Crippen molar-refractivity contribution in [2.45, 2.75) is 39.0 Å². The summed E-state index contributed by atoms with van der Waals surface area (Å²) in [6.07, 6.45) is 0.906. The van der Waals surface area contributed by atoms with Crippen molar-refractivity contribution >= 4 is 33.3 Å². The van der Waals surface area contributed by atoms with Gasteiger partial charge in [0.25, 0.3) is 0 Å². The van der Waals surface area contributed by atoms with E-state index in [0.29, 0.717) is 5.92 Å². The number of hydrogen-bond acceptors (Lipinski definition) is 2. The first-order valence-corrected chi connectivity index (χ1v) is 8.16. The number of thiocarbonyl (C=S) groups is 1. The smallest absolute Gasteiger partial charge is 0.184 e. The van der Waals surface area contributed by atoms with Gasteiger partial charge in [0.2, 0.25) is 0 Å². The molecule has 0 saturated carbocycles. The molecule has 1 aromatic rings. The minimum Gasteiger partial charge on any atom is -0.468 e. The monoisotopic (exact) mass is 354 g/mol. The van der Waals surface area contributed by atoms with Crippen molar-refractivity contribution in [2.24, 2.45) is 5.92 Å². The molecule has 0 radical (unpaired) electrons. The molecule has 0 spiro atoms. The lowest BCUT2D eigenvalue weighted by atomic mass is 9.90. The minimum absolute atomic E-state index is 0.233. The predicted molar refractivity (Wildman–Crippen MR) is 87.8 cm³/mol. The maximum absolute atomic E-state index is 6.31. The van der Waals surface area contributed by atoms with Crippen LogP contribution in [0.2, 0.25) is 0 Å². The molecule has 5 heteroatoms. The van der Waals surface area contributed by atoms with Crippen LogP contribution in [0.4, 0.5) is 0 Å². The highest BCUT2D eigenvalue weighted by molar-refractivity contribution is 9.10. The Morgan fingerprint density at radius 3 is 3.00 bits per heavy atom. The van der Waals surface area contributed by atoms with Crippen molar-refractivity contribution in [3.63, 3.8) is 0 Å². The van der Waals surface area contributed by atoms with E-state index in [-0.39, 0.29) is 11.8 Å². The number of rotatable bonds is 2. The van der Waals surface area contributed by atoms with Gasteiger partial charge in [-0.25, -0.2) is 0 Å². The fraction of sp³-hybridized carbons (Fsp3) is 0.533. The molecule has 108 valence electrons. The van der Waals surface area contributed by atoms with E-state index in [9.17, 15) is 0 Å². The Morgan fingerprint density at radius 2 is 2.30 bits per heavy atom. The van der Waals surface area contributed by atoms with Gasteiger partial charge in [-0.2, -0.15) is 0 Å². The van der Waals surface area contributed by atoms with E-state index in [1.165, 1.54) is 5.56 Å². The van der Waals surface area contributed by atoms with Gasteiger partial charge in [0.15, 0.2) is 10.8 Å². The van der Waals surface area contributed by atoms with Crippen LogP contribution in [0.25, 0.3) is 0 Å². The van der Waals surface area contributed by atoms with E-state index in [4.69, 9.17) is 17.0 Å². The Hall–Kier alpha value is -0.810. The van der Waals surface area contributed by atoms with Gasteiger partial charge in [-0.3, -0.25) is 0 Å². The first-order chi connectivity index (χ1) is 9.39. The van der Waals surface area contributed by atoms with Crippen LogP contribution in [0.15, 0.2) is 22.7 Å². The van der Waals surface area contributed by atoms with Crippen molar-refractivity contribution < 1.29 is 4.74 Å². The van der Waals surface area contributed by atoms with Crippen LogP contribution < -0.4 is 10.1 Å². The second kappa shape index (κ2) is 4.88. The van der Waals surface area contributed by atoms with Crippen molar-refractivity contribution in [3.8, 4) is 5.75 Å². The highest BCUT2D eigenvalue weighted by Crippen LogP contribution is 2.44. The van der Waals surface area contributed by atoms with Gasteiger partial charge in [-0.05, 0) is 43.3 Å². The second-order valence-corrected chi connectivity index (χ2v) is 7.47. The third-order valence-electron chi connectivity index (χ3n) is 3.92. The molecule has 1 fully saturated rings. The number of halogens is 1. The zero-order chi connectivity index (χ0) is 14.5. The molecular weight excluding hydrogens is 336 g/mol. The summed E-state index contributed by atoms with van der Waals surface area (Å²) in [6, 6.07) is 6.41. The topological polar surface area (TPSA) is 24.5 Å². The fourth-order valence-electron chi connectivity index (χ4n) is 3.03. The number of nitrogens with zero attached hydrogens (tertiary/aromatic N) is 1. The molecule has 2 atom stereocenters. The maximum atomic E-state index is 6.31. The first-order valence-electron chi connectivity index (χ1n) is 6.95. The zero-order valence-electron chi connectivity index (χ0n) is 11.9. The van der Waals surface area contributed by atoms with E-state index in [2.05, 4.69) is 53.0 Å². The molecular formula is C15H19BrN2OS. The van der Waals surface area contributed by atoms with Crippen molar-refractivity contribution in [3.05, 3.63) is 28.2 Å². The van der Waals surface area contributed by atoms with E-state index in [0.717, 1.165) is 28.3 Å². The Labute approximate surface area is 133 Å². The van der Waals surface area contributed by atoms with Crippen LogP contribution in [0, 0.1) is 5.92 Å². The SMILES string of the molecule is CC(C)CN1C(=S)NC2CC1(C)Oc1ccc(Br)cc12. The van der Waals surface area contributed by atoms with Crippen molar-refractivity contribution in [2.75, 3.05) is 6.54 Å². The third kappa shape index (κ3) is 2.31. The van der Waals surface area contributed by atoms with Gasteiger partial charge in [0, 0.05) is 23.0 Å². The molecule has 2 bridgehead atoms. The average Bonchev–Trinajstić information content (AvgIpc) is 2.35. The highest BCUT2D eigenvalue weighted by atomic mass is 79.9. The highest BCUT2D eigenvalue weighted by Gasteiger charge is 2.47. The normalized spacial score (nSPS) is 27.9. The Morgan fingerprint density at radius 1 is 1.55 bits per heavy atom. The van der Waals surface area contributed by atoms with E-state index >= 15 is 0 Å². The lowest BCUT2D eigenvalue weighted by molar-refractivity contribution is -0.0721. The van der Waals surface area contributed by atoms with Crippen LogP contribution in [0.3, 0.4) is 0 Å². The summed E-state index contributed by atoms with van der Waals surface area (Å²) in [7, 11) is 0. The number of nitrogens with one attached hydrogen (secondary N) is 1. The molecule has 2 unspecified atom stereocenters. The maximum Gasteiger partial charge on any atom is 0.184 e. The van der Waals surface area contributed by atoms with Gasteiger partial charge >= 0.3 is 0 Å². The fourth-order valence-corrected chi connectivity index (χ4v) is 3.82. The van der Waals surface area contributed by atoms with Gasteiger partial charge in [-0.1, -0.05) is 29.8 Å². The molecule has 2 aliphatic rings. The van der Waals surface area contributed by atoms with Gasteiger partial charge < -0.3 is 15.0 Å². The summed E-state index contributed by atoms with van der Waals surface area (Å²) in [5.74, 6) is 1.49. The van der Waals surface area contributed by atoms with Crippen LogP contribution in [-0.4, -0.2) is 22.3 Å². The van der Waals surface area contributed by atoms with Crippen molar-refractivity contribution in [1.82, 2.24) is 10.2 Å². The lowest BCUT2D eigenvalue weighted by Crippen LogP contribution is -2.65. The third-order valence-corrected chi connectivity index (χ3v) is 4.75. The molecule has 2 aliphatic heterocycles. The molecule has 0 amide bonds. The van der Waals surface area contributed by atoms with Crippen LogP contribution >= 0.6 is 28.1 Å². The Bertz CT molecular complexity index is 563. The number of hydrogen-bond donors (Lipinski definition) is 1. The van der Waals surface area contributed by atoms with Gasteiger partial charge in [0.05, 0.1) is 6.04 Å². The molecule has 20 heavy (non-hydrogen) atoms. The number of fused-ring (bicyclic) bond motifs is 4. The van der Waals surface area contributed by atoms with E-state index < -0.39 is 0 Å². The second-order valence-electron chi connectivity index (χ2n) is 6.17. The van der Waals surface area contributed by atoms with Gasteiger partial charge in [0.1, 0.15) is 5.75 Å². The van der Waals surface area contributed by atoms with E-state index in [1.54, 1.807) is 0 Å². The molecule has 0 aliphatic carbocycles. The predicted octanol–water partition coefficient (Wildman–Crippen LogP) is 3.84. The summed E-state index contributed by atoms with van der Waals surface area (Å²) < 4.78 is 7.38. The quantitative estimate of drug-likeness (QED) is 0.815. The molecule has 1 aromatic carbocycles. The summed E-state index contributed by atoms with van der Waals surface area (Å²) in [6.45, 7) is 7.44. The summed E-state index contributed by atoms with van der Waals surface area (Å²) in [5.41, 5.74) is 0.835. The van der Waals surface area contributed by atoms with Gasteiger partial charge in [-0.15, -0.1) is 0 Å². The Balaban J connectivity index is 2.00. The molecule has 0 aromatic heterocycles. The number of benzene rings is 1. The molecule has 1 N–H and O–H groups in total. The largest absolute Gasteiger partial charge is 0.468 e. The Kier molecular flexibility index (Phi) is 3.45. The summed E-state index contributed by atoms with van der Waals surface area (Å²) in [4.78, 5) is 2.19. The summed E-state index contributed by atoms with van der Waals surface area (Å²) >= 11 is 9.08. The molecule has 1 saturated heterocycles. The first kappa shape index (κ1) is 14.1. The minimum atomic E-state index is -0.349. The molecule has 2 heterocycles. The molecule has 3 rings (SSSR count). The van der Waals surface area contributed by atoms with E-state index in [1.807, 2.05) is 12.1 Å². The molecule has 3 nitrogen and oxygen atoms in total. The van der Waals surface area contributed by atoms with Crippen LogP contribution in [0.1, 0.15) is 38.8 Å². The lowest BCUT2D eigenvalue weighted by Gasteiger charge is -2.52. The number of ether oxygens (including phenoxy) is 1.